The van der Waals surface area contributed by atoms with Crippen molar-refractivity contribution >= 4 is 41.0 Å². The van der Waals surface area contributed by atoms with Gasteiger partial charge in [0.15, 0.2) is 5.82 Å². The van der Waals surface area contributed by atoms with Crippen LogP contribution in [-0.2, 0) is 4.79 Å². The molecule has 4 rings (SSSR count). The predicted octanol–water partition coefficient (Wildman–Crippen LogP) is 3.30. The monoisotopic (exact) mass is 384 g/mol. The number of hydrogen-bond donors (Lipinski definition) is 2. The van der Waals surface area contributed by atoms with Gasteiger partial charge < -0.3 is 15.1 Å². The first kappa shape index (κ1) is 18.1. The molecule has 2 heterocycles. The van der Waals surface area contributed by atoms with Gasteiger partial charge >= 0.3 is 0 Å². The smallest absolute Gasteiger partial charge is 0.229 e. The first-order valence-electron chi connectivity index (χ1n) is 9.30. The Morgan fingerprint density at radius 3 is 2.67 bits per heavy atom. The van der Waals surface area contributed by atoms with E-state index in [1.807, 2.05) is 24.3 Å². The molecule has 0 bridgehead atoms. The molecule has 27 heavy (non-hydrogen) atoms. The quantitative estimate of drug-likeness (QED) is 0.782. The van der Waals surface area contributed by atoms with Crippen molar-refractivity contribution in [2.24, 2.45) is 5.14 Å². The maximum atomic E-state index is 12.4. The molecule has 0 saturated heterocycles. The van der Waals surface area contributed by atoms with Crippen LogP contribution in [0.2, 0.25) is 0 Å². The Kier molecular flexibility index (Phi) is 5.18. The summed E-state index contributed by atoms with van der Waals surface area (Å²) < 4.78 is 0. The minimum absolute atomic E-state index is 0.107. The zero-order chi connectivity index (χ0) is 18.8. The molecule has 0 radical (unpaired) electrons. The van der Waals surface area contributed by atoms with Crippen LogP contribution in [0.3, 0.4) is 0 Å². The highest BCUT2D eigenvalue weighted by atomic mass is 32.2. The van der Waals surface area contributed by atoms with E-state index in [9.17, 15) is 4.79 Å². The van der Waals surface area contributed by atoms with Gasteiger partial charge in [0.25, 0.3) is 0 Å². The molecule has 2 aliphatic rings. The van der Waals surface area contributed by atoms with Crippen molar-refractivity contribution in [3.8, 4) is 0 Å². The Balaban J connectivity index is 1.66. The zero-order valence-corrected chi connectivity index (χ0v) is 16.2. The highest BCUT2D eigenvalue weighted by Gasteiger charge is 2.31. The second-order valence-electron chi connectivity index (χ2n) is 7.00. The van der Waals surface area contributed by atoms with Crippen molar-refractivity contribution in [2.75, 3.05) is 28.7 Å². The number of hydrogen-bond acceptors (Lipinski definition) is 7. The SMILES string of the molecule is CN1C(=O)CCN(C2CCCC2)c2nc(Nc3ccc(SN)cc3)ncc21. The average Bonchev–Trinajstić information content (AvgIpc) is 3.19. The minimum atomic E-state index is 0.107. The third kappa shape index (κ3) is 3.72. The van der Waals surface area contributed by atoms with E-state index < -0.39 is 0 Å². The number of aromatic nitrogens is 2. The topological polar surface area (TPSA) is 87.4 Å². The fraction of sp³-hybridized carbons (Fsp3) is 0.421. The predicted molar refractivity (Wildman–Crippen MR) is 109 cm³/mol. The molecule has 2 aromatic rings. The Bertz CT molecular complexity index is 821. The number of nitrogens with one attached hydrogen (secondary N) is 1. The number of anilines is 4. The highest BCUT2D eigenvalue weighted by molar-refractivity contribution is 7.97. The molecule has 3 N–H and O–H groups in total. The number of carbonyl (C=O) groups excluding carboxylic acids is 1. The van der Waals surface area contributed by atoms with E-state index in [1.54, 1.807) is 18.1 Å². The molecule has 1 aromatic carbocycles. The minimum Gasteiger partial charge on any atom is -0.351 e. The van der Waals surface area contributed by atoms with Crippen LogP contribution in [0.4, 0.5) is 23.1 Å². The van der Waals surface area contributed by atoms with E-state index >= 15 is 0 Å². The summed E-state index contributed by atoms with van der Waals surface area (Å²) in [5, 5.41) is 8.84. The molecule has 0 unspecified atom stereocenters. The molecule has 1 amide bonds. The van der Waals surface area contributed by atoms with E-state index in [4.69, 9.17) is 10.1 Å². The van der Waals surface area contributed by atoms with Crippen molar-refractivity contribution < 1.29 is 4.79 Å². The fourth-order valence-electron chi connectivity index (χ4n) is 3.82. The number of nitrogens with zero attached hydrogens (tertiary/aromatic N) is 4. The van der Waals surface area contributed by atoms with Gasteiger partial charge in [-0.15, -0.1) is 0 Å². The Labute approximate surface area is 163 Å². The van der Waals surface area contributed by atoms with Crippen molar-refractivity contribution in [3.05, 3.63) is 30.5 Å². The van der Waals surface area contributed by atoms with E-state index in [-0.39, 0.29) is 5.91 Å². The van der Waals surface area contributed by atoms with Crippen LogP contribution < -0.4 is 20.3 Å². The third-order valence-corrected chi connectivity index (χ3v) is 5.88. The maximum Gasteiger partial charge on any atom is 0.229 e. The van der Waals surface area contributed by atoms with Gasteiger partial charge in [0.05, 0.1) is 6.20 Å². The van der Waals surface area contributed by atoms with Crippen LogP contribution in [0.5, 0.6) is 0 Å². The summed E-state index contributed by atoms with van der Waals surface area (Å²) in [7, 11) is 1.80. The summed E-state index contributed by atoms with van der Waals surface area (Å²) in [6, 6.07) is 8.26. The van der Waals surface area contributed by atoms with Crippen molar-refractivity contribution in [1.29, 1.82) is 0 Å². The molecule has 7 nitrogen and oxygen atoms in total. The summed E-state index contributed by atoms with van der Waals surface area (Å²) in [6.07, 6.45) is 7.04. The molecule has 1 aliphatic heterocycles. The van der Waals surface area contributed by atoms with Crippen LogP contribution in [0.25, 0.3) is 0 Å². The van der Waals surface area contributed by atoms with Gasteiger partial charge in [-0.1, -0.05) is 12.8 Å². The molecule has 1 aromatic heterocycles. The Morgan fingerprint density at radius 2 is 1.96 bits per heavy atom. The number of carbonyl (C=O) groups is 1. The first-order chi connectivity index (χ1) is 13.2. The molecule has 0 atom stereocenters. The summed E-state index contributed by atoms with van der Waals surface area (Å²) in [5.41, 5.74) is 1.68. The molecule has 0 spiro atoms. The van der Waals surface area contributed by atoms with Crippen molar-refractivity contribution in [3.63, 3.8) is 0 Å². The molecule has 1 fully saturated rings. The second-order valence-corrected chi connectivity index (χ2v) is 7.71. The van der Waals surface area contributed by atoms with Crippen LogP contribution in [0.1, 0.15) is 32.1 Å². The molecular formula is C19H24N6OS. The van der Waals surface area contributed by atoms with Gasteiger partial charge in [-0.2, -0.15) is 4.98 Å². The van der Waals surface area contributed by atoms with E-state index in [2.05, 4.69) is 15.2 Å². The lowest BCUT2D eigenvalue weighted by molar-refractivity contribution is -0.118. The lowest BCUT2D eigenvalue weighted by Gasteiger charge is -2.30. The summed E-state index contributed by atoms with van der Waals surface area (Å²) in [4.78, 5) is 26.6. The van der Waals surface area contributed by atoms with E-state index in [0.717, 1.165) is 34.9 Å². The molecule has 142 valence electrons. The largest absolute Gasteiger partial charge is 0.351 e. The number of amides is 1. The summed E-state index contributed by atoms with van der Waals surface area (Å²) in [6.45, 7) is 0.708. The van der Waals surface area contributed by atoms with Gasteiger partial charge in [0.1, 0.15) is 5.69 Å². The van der Waals surface area contributed by atoms with Crippen LogP contribution in [0, 0.1) is 0 Å². The van der Waals surface area contributed by atoms with Crippen molar-refractivity contribution in [1.82, 2.24) is 9.97 Å². The number of benzene rings is 1. The lowest BCUT2D eigenvalue weighted by atomic mass is 10.2. The standard InChI is InChI=1S/C19H24N6OS/c1-24-16-12-21-19(22-13-6-8-15(27-20)9-7-13)23-18(16)25(11-10-17(24)26)14-4-2-3-5-14/h6-9,12,14H,2-5,10-11,20H2,1H3,(H,21,22,23). The van der Waals surface area contributed by atoms with Gasteiger partial charge in [-0.05, 0) is 49.1 Å². The van der Waals surface area contributed by atoms with E-state index in [1.165, 1.54) is 24.8 Å². The normalized spacial score (nSPS) is 17.8. The Morgan fingerprint density at radius 1 is 1.22 bits per heavy atom. The number of fused-ring (bicyclic) bond motifs is 1. The van der Waals surface area contributed by atoms with Gasteiger partial charge in [-0.3, -0.25) is 9.93 Å². The fourth-order valence-corrected chi connectivity index (χ4v) is 4.11. The zero-order valence-electron chi connectivity index (χ0n) is 15.4. The summed E-state index contributed by atoms with van der Waals surface area (Å²) >= 11 is 1.22. The van der Waals surface area contributed by atoms with Crippen LogP contribution in [-0.4, -0.2) is 35.5 Å². The molecule has 8 heteroatoms. The highest BCUT2D eigenvalue weighted by Crippen LogP contribution is 2.36. The summed E-state index contributed by atoms with van der Waals surface area (Å²) in [5.74, 6) is 1.49. The first-order valence-corrected chi connectivity index (χ1v) is 10.2. The van der Waals surface area contributed by atoms with Gasteiger partial charge in [0, 0.05) is 36.6 Å². The average molecular weight is 385 g/mol. The van der Waals surface area contributed by atoms with Crippen LogP contribution in [0.15, 0.2) is 35.4 Å². The number of rotatable bonds is 4. The number of nitrogens with two attached hydrogens (primary N) is 1. The molecule has 1 saturated carbocycles. The second kappa shape index (κ2) is 7.74. The van der Waals surface area contributed by atoms with Crippen molar-refractivity contribution in [2.45, 2.75) is 43.0 Å². The maximum absolute atomic E-state index is 12.4. The lowest BCUT2D eigenvalue weighted by Crippen LogP contribution is -2.34. The third-order valence-electron chi connectivity index (χ3n) is 5.34. The molecule has 1 aliphatic carbocycles. The Hall–Kier alpha value is -2.32. The van der Waals surface area contributed by atoms with Crippen LogP contribution >= 0.6 is 11.9 Å². The van der Waals surface area contributed by atoms with E-state index in [0.29, 0.717) is 25.0 Å². The van der Waals surface area contributed by atoms with Gasteiger partial charge in [0.2, 0.25) is 11.9 Å². The molecular weight excluding hydrogens is 360 g/mol. The van der Waals surface area contributed by atoms with Gasteiger partial charge in [-0.25, -0.2) is 4.98 Å².